The highest BCUT2D eigenvalue weighted by atomic mass is 16.5. The Morgan fingerprint density at radius 2 is 2.62 bits per heavy atom. The van der Waals surface area contributed by atoms with Gasteiger partial charge in [0.1, 0.15) is 6.61 Å². The molecule has 74 valence electrons. The largest absolute Gasteiger partial charge is 0.445 e. The van der Waals surface area contributed by atoms with E-state index >= 15 is 0 Å². The van der Waals surface area contributed by atoms with E-state index in [4.69, 9.17) is 4.74 Å². The lowest BCUT2D eigenvalue weighted by molar-refractivity contribution is 0.152. The Hall–Kier alpha value is -1.03. The first-order valence-corrected chi connectivity index (χ1v) is 4.58. The van der Waals surface area contributed by atoms with Gasteiger partial charge in [0, 0.05) is 12.6 Å². The third kappa shape index (κ3) is 3.94. The van der Waals surface area contributed by atoms with Crippen molar-refractivity contribution in [1.29, 1.82) is 0 Å². The van der Waals surface area contributed by atoms with Crippen LogP contribution in [0.25, 0.3) is 0 Å². The van der Waals surface area contributed by atoms with Gasteiger partial charge >= 0.3 is 6.09 Å². The van der Waals surface area contributed by atoms with E-state index in [1.54, 1.807) is 6.08 Å². The van der Waals surface area contributed by atoms with Gasteiger partial charge in [-0.25, -0.2) is 4.79 Å². The summed E-state index contributed by atoms with van der Waals surface area (Å²) in [5.41, 5.74) is 0. The van der Waals surface area contributed by atoms with Crippen molar-refractivity contribution in [1.82, 2.24) is 10.6 Å². The Balaban J connectivity index is 2.14. The highest BCUT2D eigenvalue weighted by Crippen LogP contribution is 2.01. The van der Waals surface area contributed by atoms with Gasteiger partial charge in [0.25, 0.3) is 0 Å². The van der Waals surface area contributed by atoms with Gasteiger partial charge in [-0.15, -0.1) is 0 Å². The standard InChI is InChI=1S/C9H16N2O2/c1-2-6-13-9(12)11-8-4-3-5-10-7-8/h2,8,10H,1,3-7H2,(H,11,12). The smallest absolute Gasteiger partial charge is 0.407 e. The van der Waals surface area contributed by atoms with Crippen LogP contribution in [0.3, 0.4) is 0 Å². The second kappa shape index (κ2) is 5.59. The van der Waals surface area contributed by atoms with Crippen molar-refractivity contribution >= 4 is 6.09 Å². The number of nitrogens with one attached hydrogen (secondary N) is 2. The minimum absolute atomic E-state index is 0.214. The van der Waals surface area contributed by atoms with Crippen LogP contribution < -0.4 is 10.6 Å². The highest BCUT2D eigenvalue weighted by Gasteiger charge is 2.15. The summed E-state index contributed by atoms with van der Waals surface area (Å²) in [6.45, 7) is 5.61. The number of alkyl carbamates (subject to hydrolysis) is 1. The van der Waals surface area contributed by atoms with Crippen LogP contribution in [0.2, 0.25) is 0 Å². The van der Waals surface area contributed by atoms with Crippen LogP contribution in [0.15, 0.2) is 12.7 Å². The Kier molecular flexibility index (Phi) is 4.32. The van der Waals surface area contributed by atoms with E-state index in [1.165, 1.54) is 0 Å². The molecule has 0 aromatic heterocycles. The average Bonchev–Trinajstić information content (AvgIpc) is 2.16. The van der Waals surface area contributed by atoms with Gasteiger partial charge in [0.15, 0.2) is 0 Å². The maximum absolute atomic E-state index is 11.1. The number of rotatable bonds is 3. The topological polar surface area (TPSA) is 50.4 Å². The molecule has 0 bridgehead atoms. The fraction of sp³-hybridized carbons (Fsp3) is 0.667. The first-order chi connectivity index (χ1) is 6.33. The lowest BCUT2D eigenvalue weighted by Crippen LogP contribution is -2.45. The minimum atomic E-state index is -0.353. The zero-order valence-corrected chi connectivity index (χ0v) is 7.71. The van der Waals surface area contributed by atoms with Gasteiger partial charge in [-0.2, -0.15) is 0 Å². The molecular weight excluding hydrogens is 168 g/mol. The summed E-state index contributed by atoms with van der Waals surface area (Å²) < 4.78 is 4.80. The third-order valence-corrected chi connectivity index (χ3v) is 1.95. The molecule has 2 N–H and O–H groups in total. The molecule has 4 nitrogen and oxygen atoms in total. The van der Waals surface area contributed by atoms with E-state index in [-0.39, 0.29) is 18.7 Å². The van der Waals surface area contributed by atoms with Gasteiger partial charge in [0.05, 0.1) is 0 Å². The molecular formula is C9H16N2O2. The Labute approximate surface area is 78.3 Å². The molecule has 1 unspecified atom stereocenters. The predicted octanol–water partition coefficient (Wildman–Crippen LogP) is 0.651. The summed E-state index contributed by atoms with van der Waals surface area (Å²) >= 11 is 0. The van der Waals surface area contributed by atoms with Crippen molar-refractivity contribution in [2.45, 2.75) is 18.9 Å². The summed E-state index contributed by atoms with van der Waals surface area (Å²) in [4.78, 5) is 11.1. The molecule has 1 aliphatic rings. The van der Waals surface area contributed by atoms with E-state index in [9.17, 15) is 4.79 Å². The maximum atomic E-state index is 11.1. The zero-order valence-electron chi connectivity index (χ0n) is 7.71. The number of hydrogen-bond donors (Lipinski definition) is 2. The summed E-state index contributed by atoms with van der Waals surface area (Å²) in [5, 5.41) is 5.99. The van der Waals surface area contributed by atoms with E-state index < -0.39 is 0 Å². The molecule has 4 heteroatoms. The van der Waals surface area contributed by atoms with Gasteiger partial charge in [-0.3, -0.25) is 0 Å². The van der Waals surface area contributed by atoms with Crippen LogP contribution >= 0.6 is 0 Å². The van der Waals surface area contributed by atoms with Crippen molar-refractivity contribution in [3.8, 4) is 0 Å². The summed E-state index contributed by atoms with van der Waals surface area (Å²) in [7, 11) is 0. The van der Waals surface area contributed by atoms with Crippen LogP contribution in [0.5, 0.6) is 0 Å². The molecule has 1 rings (SSSR count). The molecule has 0 aromatic rings. The van der Waals surface area contributed by atoms with Crippen LogP contribution in [0.4, 0.5) is 4.79 Å². The van der Waals surface area contributed by atoms with E-state index in [2.05, 4.69) is 17.2 Å². The molecule has 0 aromatic carbocycles. The van der Waals surface area contributed by atoms with Crippen molar-refractivity contribution in [2.24, 2.45) is 0 Å². The molecule has 1 saturated heterocycles. The van der Waals surface area contributed by atoms with Crippen molar-refractivity contribution < 1.29 is 9.53 Å². The maximum Gasteiger partial charge on any atom is 0.407 e. The molecule has 1 amide bonds. The zero-order chi connectivity index (χ0) is 9.52. The van der Waals surface area contributed by atoms with Gasteiger partial charge in [0.2, 0.25) is 0 Å². The molecule has 0 radical (unpaired) electrons. The normalized spacial score (nSPS) is 22.0. The Morgan fingerprint density at radius 3 is 3.23 bits per heavy atom. The second-order valence-corrected chi connectivity index (χ2v) is 3.07. The van der Waals surface area contributed by atoms with Crippen LogP contribution in [-0.4, -0.2) is 31.8 Å². The molecule has 1 atom stereocenters. The van der Waals surface area contributed by atoms with Crippen molar-refractivity contribution in [2.75, 3.05) is 19.7 Å². The van der Waals surface area contributed by atoms with Crippen molar-refractivity contribution in [3.05, 3.63) is 12.7 Å². The first-order valence-electron chi connectivity index (χ1n) is 4.58. The Bertz CT molecular complexity index is 176. The summed E-state index contributed by atoms with van der Waals surface area (Å²) in [6, 6.07) is 0.214. The lowest BCUT2D eigenvalue weighted by Gasteiger charge is -2.23. The highest BCUT2D eigenvalue weighted by molar-refractivity contribution is 5.67. The number of ether oxygens (including phenoxy) is 1. The van der Waals surface area contributed by atoms with Crippen molar-refractivity contribution in [3.63, 3.8) is 0 Å². The SMILES string of the molecule is C=CCOC(=O)NC1CCCNC1. The first kappa shape index (κ1) is 10.1. The van der Waals surface area contributed by atoms with Gasteiger partial charge in [-0.05, 0) is 19.4 Å². The number of amides is 1. The number of hydrogen-bond acceptors (Lipinski definition) is 3. The monoisotopic (exact) mass is 184 g/mol. The van der Waals surface area contributed by atoms with E-state index in [0.717, 1.165) is 25.9 Å². The second-order valence-electron chi connectivity index (χ2n) is 3.07. The fourth-order valence-electron chi connectivity index (χ4n) is 1.32. The predicted molar refractivity (Wildman–Crippen MR) is 50.6 cm³/mol. The van der Waals surface area contributed by atoms with Gasteiger partial charge < -0.3 is 15.4 Å². The van der Waals surface area contributed by atoms with Gasteiger partial charge in [-0.1, -0.05) is 12.7 Å². The lowest BCUT2D eigenvalue weighted by atomic mass is 10.1. The third-order valence-electron chi connectivity index (χ3n) is 1.95. The average molecular weight is 184 g/mol. The molecule has 0 spiro atoms. The fourth-order valence-corrected chi connectivity index (χ4v) is 1.32. The van der Waals surface area contributed by atoms with E-state index in [0.29, 0.717) is 0 Å². The van der Waals surface area contributed by atoms with Crippen LogP contribution in [0.1, 0.15) is 12.8 Å². The summed E-state index contributed by atoms with van der Waals surface area (Å²) in [6.07, 6.45) is 3.33. The molecule has 1 fully saturated rings. The molecule has 0 aliphatic carbocycles. The quantitative estimate of drug-likeness (QED) is 0.633. The molecule has 0 saturated carbocycles. The van der Waals surface area contributed by atoms with Crippen LogP contribution in [-0.2, 0) is 4.74 Å². The Morgan fingerprint density at radius 1 is 1.77 bits per heavy atom. The van der Waals surface area contributed by atoms with E-state index in [1.807, 2.05) is 0 Å². The molecule has 1 aliphatic heterocycles. The molecule has 1 heterocycles. The minimum Gasteiger partial charge on any atom is -0.445 e. The number of piperidine rings is 1. The number of carbonyl (C=O) groups is 1. The molecule has 13 heavy (non-hydrogen) atoms. The van der Waals surface area contributed by atoms with Crippen LogP contribution in [0, 0.1) is 0 Å². The summed E-state index contributed by atoms with van der Waals surface area (Å²) in [5.74, 6) is 0. The number of carbonyl (C=O) groups excluding carboxylic acids is 1.